The van der Waals surface area contributed by atoms with Crippen molar-refractivity contribution in [2.75, 3.05) is 32.8 Å². The molecular formula is C17H23F3N2O4S. The summed E-state index contributed by atoms with van der Waals surface area (Å²) in [6.45, 7) is -1.09. The second kappa shape index (κ2) is 9.52. The van der Waals surface area contributed by atoms with E-state index < -0.39 is 22.8 Å². The number of nitrogens with zero attached hydrogens (tertiary/aromatic N) is 1. The zero-order valence-corrected chi connectivity index (χ0v) is 15.6. The molecule has 0 spiro atoms. The summed E-state index contributed by atoms with van der Waals surface area (Å²) in [5.41, 5.74) is 0.705. The number of hydrogen-bond acceptors (Lipinski definition) is 4. The molecule has 1 fully saturated rings. The van der Waals surface area contributed by atoms with Gasteiger partial charge in [0.15, 0.2) is 0 Å². The van der Waals surface area contributed by atoms with E-state index in [-0.39, 0.29) is 43.8 Å². The molecule has 0 bridgehead atoms. The molecule has 27 heavy (non-hydrogen) atoms. The van der Waals surface area contributed by atoms with E-state index in [0.29, 0.717) is 18.4 Å². The predicted molar refractivity (Wildman–Crippen MR) is 93.2 cm³/mol. The molecule has 0 unspecified atom stereocenters. The van der Waals surface area contributed by atoms with Crippen LogP contribution in [0.2, 0.25) is 0 Å². The Labute approximate surface area is 156 Å². The van der Waals surface area contributed by atoms with Crippen molar-refractivity contribution in [3.63, 3.8) is 0 Å². The van der Waals surface area contributed by atoms with Gasteiger partial charge in [-0.3, -0.25) is 4.79 Å². The summed E-state index contributed by atoms with van der Waals surface area (Å²) in [4.78, 5) is 12.0. The summed E-state index contributed by atoms with van der Waals surface area (Å²) in [7, 11) is -3.45. The number of ether oxygens (including phenoxy) is 1. The Morgan fingerprint density at radius 2 is 1.81 bits per heavy atom. The number of nitrogens with one attached hydrogen (secondary N) is 1. The lowest BCUT2D eigenvalue weighted by molar-refractivity contribution is -0.173. The number of carbonyl (C=O) groups is 1. The minimum atomic E-state index is -4.39. The minimum absolute atomic E-state index is 0.0125. The van der Waals surface area contributed by atoms with E-state index in [1.807, 2.05) is 6.07 Å². The fourth-order valence-electron chi connectivity index (χ4n) is 2.85. The van der Waals surface area contributed by atoms with Gasteiger partial charge >= 0.3 is 6.18 Å². The molecule has 1 saturated heterocycles. The van der Waals surface area contributed by atoms with Crippen LogP contribution in [0.4, 0.5) is 13.2 Å². The normalized spacial score (nSPS) is 17.0. The predicted octanol–water partition coefficient (Wildman–Crippen LogP) is 1.92. The Hall–Kier alpha value is -1.65. The van der Waals surface area contributed by atoms with Gasteiger partial charge in [0.1, 0.15) is 6.61 Å². The van der Waals surface area contributed by atoms with Gasteiger partial charge in [-0.15, -0.1) is 0 Å². The van der Waals surface area contributed by atoms with Crippen LogP contribution >= 0.6 is 0 Å². The van der Waals surface area contributed by atoms with Crippen LogP contribution in [0.5, 0.6) is 0 Å². The zero-order chi connectivity index (χ0) is 19.9. The average molecular weight is 408 g/mol. The number of alkyl halides is 3. The maximum atomic E-state index is 12.5. The number of rotatable bonds is 8. The number of piperidine rings is 1. The lowest BCUT2D eigenvalue weighted by Gasteiger charge is -2.30. The van der Waals surface area contributed by atoms with E-state index in [0.717, 1.165) is 0 Å². The summed E-state index contributed by atoms with van der Waals surface area (Å²) >= 11 is 0. The van der Waals surface area contributed by atoms with Crippen LogP contribution in [0.1, 0.15) is 18.4 Å². The van der Waals surface area contributed by atoms with Crippen molar-refractivity contribution in [3.05, 3.63) is 35.9 Å². The maximum absolute atomic E-state index is 12.5. The van der Waals surface area contributed by atoms with Crippen molar-refractivity contribution in [1.82, 2.24) is 9.62 Å². The monoisotopic (exact) mass is 408 g/mol. The third-order valence-corrected chi connectivity index (χ3v) is 6.07. The van der Waals surface area contributed by atoms with E-state index in [1.165, 1.54) is 4.31 Å². The van der Waals surface area contributed by atoms with Crippen molar-refractivity contribution >= 4 is 15.9 Å². The van der Waals surface area contributed by atoms with Gasteiger partial charge in [0.05, 0.1) is 12.4 Å². The number of hydrogen-bond donors (Lipinski definition) is 1. The minimum Gasteiger partial charge on any atom is -0.370 e. The summed E-state index contributed by atoms with van der Waals surface area (Å²) in [6.07, 6.45) is -3.63. The molecule has 1 aromatic rings. The number of benzene rings is 1. The molecule has 0 aliphatic carbocycles. The Balaban J connectivity index is 1.72. The number of carbonyl (C=O) groups excluding carboxylic acids is 1. The molecule has 1 N–H and O–H groups in total. The van der Waals surface area contributed by atoms with Crippen LogP contribution in [-0.4, -0.2) is 57.7 Å². The van der Waals surface area contributed by atoms with Crippen molar-refractivity contribution in [3.8, 4) is 0 Å². The van der Waals surface area contributed by atoms with Crippen LogP contribution in [-0.2, 0) is 25.3 Å². The fourth-order valence-corrected chi connectivity index (χ4v) is 4.41. The molecule has 10 heteroatoms. The first kappa shape index (κ1) is 21.6. The Morgan fingerprint density at radius 3 is 2.41 bits per heavy atom. The molecular weight excluding hydrogens is 385 g/mol. The van der Waals surface area contributed by atoms with Gasteiger partial charge in [-0.25, -0.2) is 12.7 Å². The molecule has 1 aliphatic heterocycles. The van der Waals surface area contributed by atoms with Gasteiger partial charge < -0.3 is 10.1 Å². The lowest BCUT2D eigenvalue weighted by atomic mass is 9.97. The van der Waals surface area contributed by atoms with Gasteiger partial charge in [-0.2, -0.15) is 13.2 Å². The molecule has 1 amide bonds. The van der Waals surface area contributed by atoms with E-state index in [1.54, 1.807) is 24.3 Å². The van der Waals surface area contributed by atoms with Crippen LogP contribution in [0, 0.1) is 5.92 Å². The van der Waals surface area contributed by atoms with Gasteiger partial charge in [0, 0.05) is 25.6 Å². The Kier molecular flexibility index (Phi) is 7.63. The average Bonchev–Trinajstić information content (AvgIpc) is 2.61. The smallest absolute Gasteiger partial charge is 0.370 e. The summed E-state index contributed by atoms with van der Waals surface area (Å²) in [6, 6.07) is 8.87. The highest BCUT2D eigenvalue weighted by atomic mass is 32.2. The standard InChI is InChI=1S/C17H23F3N2O4S/c18-17(19,20)13-26-11-8-21-16(23)15-6-9-22(10-7-15)27(24,25)12-14-4-2-1-3-5-14/h1-5,15H,6-13H2,(H,21,23). The van der Waals surface area contributed by atoms with E-state index >= 15 is 0 Å². The molecule has 0 atom stereocenters. The van der Waals surface area contributed by atoms with Gasteiger partial charge in [0.25, 0.3) is 0 Å². The second-order valence-corrected chi connectivity index (χ2v) is 8.34. The topological polar surface area (TPSA) is 75.7 Å². The van der Waals surface area contributed by atoms with Crippen molar-refractivity contribution in [2.24, 2.45) is 5.92 Å². The molecule has 1 heterocycles. The van der Waals surface area contributed by atoms with Gasteiger partial charge in [0.2, 0.25) is 15.9 Å². The van der Waals surface area contributed by atoms with Gasteiger partial charge in [-0.05, 0) is 18.4 Å². The van der Waals surface area contributed by atoms with Crippen LogP contribution in [0.15, 0.2) is 30.3 Å². The van der Waals surface area contributed by atoms with Crippen LogP contribution in [0.25, 0.3) is 0 Å². The molecule has 152 valence electrons. The first-order chi connectivity index (χ1) is 12.7. The number of amides is 1. The van der Waals surface area contributed by atoms with E-state index in [9.17, 15) is 26.4 Å². The summed E-state index contributed by atoms with van der Waals surface area (Å²) in [5.74, 6) is -0.720. The fraction of sp³-hybridized carbons (Fsp3) is 0.588. The Morgan fingerprint density at radius 1 is 1.19 bits per heavy atom. The maximum Gasteiger partial charge on any atom is 0.411 e. The Bertz CT molecular complexity index is 703. The molecule has 1 aromatic carbocycles. The molecule has 0 saturated carbocycles. The SMILES string of the molecule is O=C(NCCOCC(F)(F)F)C1CCN(S(=O)(=O)Cc2ccccc2)CC1. The second-order valence-electron chi connectivity index (χ2n) is 6.37. The molecule has 0 radical (unpaired) electrons. The number of sulfonamides is 1. The molecule has 1 aliphatic rings. The summed E-state index contributed by atoms with van der Waals surface area (Å²) in [5, 5.41) is 2.53. The van der Waals surface area contributed by atoms with Crippen molar-refractivity contribution in [1.29, 1.82) is 0 Å². The molecule has 2 rings (SSSR count). The van der Waals surface area contributed by atoms with Crippen molar-refractivity contribution < 1.29 is 31.1 Å². The quantitative estimate of drug-likeness (QED) is 0.667. The third-order valence-electron chi connectivity index (χ3n) is 4.22. The lowest BCUT2D eigenvalue weighted by Crippen LogP contribution is -2.43. The van der Waals surface area contributed by atoms with Crippen LogP contribution in [0.3, 0.4) is 0 Å². The largest absolute Gasteiger partial charge is 0.411 e. The first-order valence-electron chi connectivity index (χ1n) is 8.61. The highest BCUT2D eigenvalue weighted by Crippen LogP contribution is 2.22. The highest BCUT2D eigenvalue weighted by Gasteiger charge is 2.31. The zero-order valence-electron chi connectivity index (χ0n) is 14.7. The molecule has 6 nitrogen and oxygen atoms in total. The first-order valence-corrected chi connectivity index (χ1v) is 10.2. The van der Waals surface area contributed by atoms with Gasteiger partial charge in [-0.1, -0.05) is 30.3 Å². The molecule has 0 aromatic heterocycles. The van der Waals surface area contributed by atoms with Crippen molar-refractivity contribution in [2.45, 2.75) is 24.8 Å². The van der Waals surface area contributed by atoms with E-state index in [2.05, 4.69) is 10.1 Å². The summed E-state index contributed by atoms with van der Waals surface area (Å²) < 4.78 is 66.6. The van der Waals surface area contributed by atoms with Crippen LogP contribution < -0.4 is 5.32 Å². The van der Waals surface area contributed by atoms with E-state index in [4.69, 9.17) is 0 Å². The third kappa shape index (κ3) is 7.47. The number of halogens is 3. The highest BCUT2D eigenvalue weighted by molar-refractivity contribution is 7.88.